The summed E-state index contributed by atoms with van der Waals surface area (Å²) in [5.74, 6) is 0.682. The van der Waals surface area contributed by atoms with E-state index in [-0.39, 0.29) is 29.9 Å². The van der Waals surface area contributed by atoms with Crippen molar-refractivity contribution in [2.24, 2.45) is 0 Å². The maximum Gasteiger partial charge on any atom is 0.202 e. The van der Waals surface area contributed by atoms with Crippen LogP contribution < -0.4 is 4.74 Å². The molecule has 2 heterocycles. The van der Waals surface area contributed by atoms with Gasteiger partial charge in [0.1, 0.15) is 5.75 Å². The number of carbonyl (C=O) groups is 1. The van der Waals surface area contributed by atoms with E-state index in [1.165, 1.54) is 0 Å². The van der Waals surface area contributed by atoms with Gasteiger partial charge in [-0.15, -0.1) is 0 Å². The first-order valence-electron chi connectivity index (χ1n) is 8.36. The largest absolute Gasteiger partial charge is 0.485 e. The predicted octanol–water partition coefficient (Wildman–Crippen LogP) is 2.60. The second-order valence-corrected chi connectivity index (χ2v) is 8.79. The van der Waals surface area contributed by atoms with E-state index in [1.54, 1.807) is 30.3 Å². The predicted molar refractivity (Wildman–Crippen MR) is 97.2 cm³/mol. The molecule has 0 bridgehead atoms. The number of sulfone groups is 1. The van der Waals surface area contributed by atoms with Gasteiger partial charge in [-0.05, 0) is 50.6 Å². The molecule has 1 fully saturated rings. The lowest BCUT2D eigenvalue weighted by Crippen LogP contribution is -2.16. The number of nitriles is 1. The van der Waals surface area contributed by atoms with E-state index in [2.05, 4.69) is 0 Å². The van der Waals surface area contributed by atoms with Gasteiger partial charge in [-0.2, -0.15) is 5.26 Å². The van der Waals surface area contributed by atoms with Crippen molar-refractivity contribution >= 4 is 15.6 Å². The van der Waals surface area contributed by atoms with Gasteiger partial charge in [0, 0.05) is 23.0 Å². The molecule has 1 aliphatic heterocycles. The van der Waals surface area contributed by atoms with Crippen LogP contribution in [-0.2, 0) is 9.84 Å². The summed E-state index contributed by atoms with van der Waals surface area (Å²) in [7, 11) is -2.99. The first kappa shape index (κ1) is 18.2. The molecule has 0 unspecified atom stereocenters. The van der Waals surface area contributed by atoms with Gasteiger partial charge in [-0.25, -0.2) is 8.42 Å². The summed E-state index contributed by atoms with van der Waals surface area (Å²) < 4.78 is 31.0. The van der Waals surface area contributed by atoms with Gasteiger partial charge in [-0.1, -0.05) is 0 Å². The highest BCUT2D eigenvalue weighted by Gasteiger charge is 2.31. The van der Waals surface area contributed by atoms with E-state index in [4.69, 9.17) is 10.00 Å². The van der Waals surface area contributed by atoms with Crippen molar-refractivity contribution in [2.45, 2.75) is 26.3 Å². The molecule has 0 amide bonds. The average Bonchev–Trinajstić information content (AvgIpc) is 3.11. The van der Waals surface area contributed by atoms with Crippen molar-refractivity contribution in [1.29, 1.82) is 5.26 Å². The molecule has 1 saturated heterocycles. The van der Waals surface area contributed by atoms with E-state index in [1.807, 2.05) is 24.5 Å². The fourth-order valence-electron chi connectivity index (χ4n) is 3.45. The Kier molecular flexibility index (Phi) is 4.88. The number of ketones is 1. The number of ether oxygens (including phenoxy) is 1. The van der Waals surface area contributed by atoms with E-state index < -0.39 is 9.84 Å². The molecule has 0 radical (unpaired) electrons. The molecule has 26 heavy (non-hydrogen) atoms. The van der Waals surface area contributed by atoms with Crippen LogP contribution in [0.15, 0.2) is 30.3 Å². The summed E-state index contributed by atoms with van der Waals surface area (Å²) in [6.45, 7) is 3.61. The fraction of sp³-hybridized carbons (Fsp3) is 0.368. The van der Waals surface area contributed by atoms with Crippen LogP contribution in [0.2, 0.25) is 0 Å². The molecule has 1 aromatic carbocycles. The van der Waals surface area contributed by atoms with Crippen molar-refractivity contribution in [3.8, 4) is 11.8 Å². The third kappa shape index (κ3) is 3.65. The Morgan fingerprint density at radius 3 is 2.58 bits per heavy atom. The lowest BCUT2D eigenvalue weighted by molar-refractivity contribution is 0.0920. The smallest absolute Gasteiger partial charge is 0.202 e. The topological polar surface area (TPSA) is 89.2 Å². The van der Waals surface area contributed by atoms with Crippen LogP contribution in [0.3, 0.4) is 0 Å². The molecular weight excluding hydrogens is 352 g/mol. The van der Waals surface area contributed by atoms with Crippen LogP contribution in [0.4, 0.5) is 0 Å². The quantitative estimate of drug-likeness (QED) is 0.753. The Bertz CT molecular complexity index is 982. The SMILES string of the molecule is Cc1cc(C(=O)COc2ccc(C#N)cc2)c(C)n1[C@H]1CCS(=O)(=O)C1. The number of nitrogens with zero attached hydrogens (tertiary/aromatic N) is 2. The van der Waals surface area contributed by atoms with E-state index in [0.29, 0.717) is 23.3 Å². The minimum absolute atomic E-state index is 0.110. The van der Waals surface area contributed by atoms with Crippen LogP contribution in [0.1, 0.15) is 39.8 Å². The van der Waals surface area contributed by atoms with Crippen LogP contribution in [0, 0.1) is 25.2 Å². The van der Waals surface area contributed by atoms with Gasteiger partial charge in [0.2, 0.25) is 5.78 Å². The number of Topliss-reactive ketones (excluding diaryl/α,β-unsaturated/α-hetero) is 1. The second kappa shape index (κ2) is 6.96. The molecule has 0 N–H and O–H groups in total. The molecule has 2 aromatic rings. The van der Waals surface area contributed by atoms with E-state index in [9.17, 15) is 13.2 Å². The summed E-state index contributed by atoms with van der Waals surface area (Å²) >= 11 is 0. The first-order chi connectivity index (χ1) is 12.3. The molecule has 0 aliphatic carbocycles. The average molecular weight is 372 g/mol. The normalized spacial score (nSPS) is 18.4. The van der Waals surface area contributed by atoms with Crippen LogP contribution in [-0.4, -0.2) is 36.9 Å². The van der Waals surface area contributed by atoms with Gasteiger partial charge < -0.3 is 9.30 Å². The van der Waals surface area contributed by atoms with Crippen molar-refractivity contribution in [1.82, 2.24) is 4.57 Å². The summed E-state index contributed by atoms with van der Waals surface area (Å²) in [5, 5.41) is 8.79. The van der Waals surface area contributed by atoms with Gasteiger partial charge in [0.15, 0.2) is 16.4 Å². The summed E-state index contributed by atoms with van der Waals surface area (Å²) in [6.07, 6.45) is 0.577. The maximum absolute atomic E-state index is 12.6. The Morgan fingerprint density at radius 1 is 1.31 bits per heavy atom. The minimum atomic E-state index is -2.99. The first-order valence-corrected chi connectivity index (χ1v) is 10.2. The third-order valence-corrected chi connectivity index (χ3v) is 6.46. The molecule has 0 saturated carbocycles. The Morgan fingerprint density at radius 2 is 2.00 bits per heavy atom. The number of benzene rings is 1. The number of rotatable bonds is 5. The standard InChI is InChI=1S/C19H20N2O4S/c1-13-9-18(14(2)21(13)16-7-8-26(23,24)12-16)19(22)11-25-17-5-3-15(10-20)4-6-17/h3-6,9,16H,7-8,11-12H2,1-2H3/t16-/m0/s1. The zero-order valence-corrected chi connectivity index (χ0v) is 15.5. The number of hydrogen-bond donors (Lipinski definition) is 0. The Hall–Kier alpha value is -2.59. The van der Waals surface area contributed by atoms with Gasteiger partial charge in [-0.3, -0.25) is 4.79 Å². The fourth-order valence-corrected chi connectivity index (χ4v) is 5.15. The molecule has 136 valence electrons. The highest BCUT2D eigenvalue weighted by atomic mass is 32.2. The van der Waals surface area contributed by atoms with Crippen molar-refractivity contribution < 1.29 is 17.9 Å². The maximum atomic E-state index is 12.6. The zero-order valence-electron chi connectivity index (χ0n) is 14.7. The lowest BCUT2D eigenvalue weighted by Gasteiger charge is -2.16. The van der Waals surface area contributed by atoms with Gasteiger partial charge in [0.25, 0.3) is 0 Å². The number of hydrogen-bond acceptors (Lipinski definition) is 5. The van der Waals surface area contributed by atoms with E-state index >= 15 is 0 Å². The third-order valence-electron chi connectivity index (χ3n) is 4.71. The second-order valence-electron chi connectivity index (χ2n) is 6.56. The van der Waals surface area contributed by atoms with Crippen molar-refractivity contribution in [3.05, 3.63) is 52.8 Å². The summed E-state index contributed by atoms with van der Waals surface area (Å²) in [4.78, 5) is 12.6. The lowest BCUT2D eigenvalue weighted by atomic mass is 10.1. The number of carbonyl (C=O) groups excluding carboxylic acids is 1. The Balaban J connectivity index is 1.74. The zero-order chi connectivity index (χ0) is 18.9. The molecule has 7 heteroatoms. The van der Waals surface area contributed by atoms with Crippen LogP contribution in [0.5, 0.6) is 5.75 Å². The van der Waals surface area contributed by atoms with Crippen LogP contribution >= 0.6 is 0 Å². The molecular formula is C19H20N2O4S. The minimum Gasteiger partial charge on any atom is -0.485 e. The monoisotopic (exact) mass is 372 g/mol. The van der Waals surface area contributed by atoms with Gasteiger partial charge in [0.05, 0.1) is 23.1 Å². The van der Waals surface area contributed by atoms with Crippen molar-refractivity contribution in [3.63, 3.8) is 0 Å². The molecule has 1 atom stereocenters. The summed E-state index contributed by atoms with van der Waals surface area (Å²) in [5.41, 5.74) is 2.74. The van der Waals surface area contributed by atoms with Crippen LogP contribution in [0.25, 0.3) is 0 Å². The highest BCUT2D eigenvalue weighted by Crippen LogP contribution is 2.29. The number of aromatic nitrogens is 1. The van der Waals surface area contributed by atoms with E-state index in [0.717, 1.165) is 11.4 Å². The molecule has 6 nitrogen and oxygen atoms in total. The summed E-state index contributed by atoms with van der Waals surface area (Å²) in [6, 6.07) is 10.3. The molecule has 3 rings (SSSR count). The van der Waals surface area contributed by atoms with Crippen molar-refractivity contribution in [2.75, 3.05) is 18.1 Å². The Labute approximate surface area is 152 Å². The van der Waals surface area contributed by atoms with Gasteiger partial charge >= 0.3 is 0 Å². The molecule has 1 aromatic heterocycles. The highest BCUT2D eigenvalue weighted by molar-refractivity contribution is 7.91. The number of aryl methyl sites for hydroxylation is 1. The molecule has 1 aliphatic rings. The molecule has 0 spiro atoms.